The average Bonchev–Trinajstić information content (AvgIpc) is 2.80. The van der Waals surface area contributed by atoms with Crippen LogP contribution < -0.4 is 5.73 Å². The minimum absolute atomic E-state index is 0.191. The molecule has 74 valence electrons. The van der Waals surface area contributed by atoms with Crippen molar-refractivity contribution < 1.29 is 4.39 Å². The second-order valence-electron chi connectivity index (χ2n) is 4.00. The normalized spacial score (nSPS) is 30.0. The predicted molar refractivity (Wildman–Crippen MR) is 53.8 cm³/mol. The summed E-state index contributed by atoms with van der Waals surface area (Å²) in [5.74, 6) is 0.336. The van der Waals surface area contributed by atoms with Crippen LogP contribution in [0.4, 0.5) is 4.39 Å². The molecular weight excluding hydrogens is 179 g/mol. The van der Waals surface area contributed by atoms with Crippen LogP contribution in [0.1, 0.15) is 18.9 Å². The third-order valence-electron chi connectivity index (χ3n) is 3.15. The monoisotopic (exact) mass is 192 g/mol. The molecule has 3 N–H and O–H groups in total. The molecule has 2 nitrogen and oxygen atoms in total. The van der Waals surface area contributed by atoms with Crippen molar-refractivity contribution >= 4 is 5.84 Å². The van der Waals surface area contributed by atoms with E-state index in [1.165, 1.54) is 12.1 Å². The molecule has 1 aromatic carbocycles. The largest absolute Gasteiger partial charge is 0.387 e. The van der Waals surface area contributed by atoms with Crippen LogP contribution in [0.15, 0.2) is 24.3 Å². The van der Waals surface area contributed by atoms with Crippen LogP contribution in [0.25, 0.3) is 0 Å². The zero-order chi connectivity index (χ0) is 10.3. The molecule has 2 rings (SSSR count). The highest BCUT2D eigenvalue weighted by atomic mass is 19.1. The first-order valence-corrected chi connectivity index (χ1v) is 4.68. The maximum Gasteiger partial charge on any atom is 0.123 e. The zero-order valence-electron chi connectivity index (χ0n) is 8.05. The highest BCUT2D eigenvalue weighted by molar-refractivity contribution is 5.92. The summed E-state index contributed by atoms with van der Waals surface area (Å²) in [6.07, 6.45) is 0.897. The van der Waals surface area contributed by atoms with E-state index in [1.807, 2.05) is 0 Å². The van der Waals surface area contributed by atoms with E-state index in [4.69, 9.17) is 11.1 Å². The van der Waals surface area contributed by atoms with E-state index in [9.17, 15) is 4.39 Å². The summed E-state index contributed by atoms with van der Waals surface area (Å²) in [5, 5.41) is 7.57. The van der Waals surface area contributed by atoms with E-state index in [-0.39, 0.29) is 17.1 Å². The molecule has 1 aliphatic carbocycles. The molecule has 1 aliphatic rings. The minimum Gasteiger partial charge on any atom is -0.387 e. The molecule has 0 aromatic heterocycles. The minimum atomic E-state index is -0.312. The maximum atomic E-state index is 12.7. The van der Waals surface area contributed by atoms with Crippen molar-refractivity contribution in [2.24, 2.45) is 11.7 Å². The predicted octanol–water partition coefficient (Wildman–Crippen LogP) is 2.04. The van der Waals surface area contributed by atoms with Gasteiger partial charge in [0.2, 0.25) is 0 Å². The molecule has 3 heteroatoms. The lowest BCUT2D eigenvalue weighted by Crippen LogP contribution is -2.29. The Kier molecular flexibility index (Phi) is 1.84. The first kappa shape index (κ1) is 9.19. The quantitative estimate of drug-likeness (QED) is 0.546. The van der Waals surface area contributed by atoms with Gasteiger partial charge in [0.25, 0.3) is 0 Å². The molecule has 0 radical (unpaired) electrons. The summed E-state index contributed by atoms with van der Waals surface area (Å²) >= 11 is 0. The van der Waals surface area contributed by atoms with E-state index in [0.717, 1.165) is 12.0 Å². The number of rotatable bonds is 2. The maximum absolute atomic E-state index is 12.7. The third kappa shape index (κ3) is 1.12. The smallest absolute Gasteiger partial charge is 0.123 e. The fraction of sp³-hybridized carbons (Fsp3) is 0.364. The van der Waals surface area contributed by atoms with Crippen molar-refractivity contribution in [3.05, 3.63) is 35.6 Å². The van der Waals surface area contributed by atoms with Gasteiger partial charge in [-0.05, 0) is 30.0 Å². The van der Waals surface area contributed by atoms with Crippen molar-refractivity contribution in [2.75, 3.05) is 0 Å². The van der Waals surface area contributed by atoms with Gasteiger partial charge in [-0.25, -0.2) is 4.39 Å². The van der Waals surface area contributed by atoms with Crippen LogP contribution in [0.5, 0.6) is 0 Å². The van der Waals surface area contributed by atoms with Crippen LogP contribution in [-0.2, 0) is 5.41 Å². The Morgan fingerprint density at radius 2 is 2.00 bits per heavy atom. The molecule has 0 bridgehead atoms. The van der Waals surface area contributed by atoms with E-state index in [2.05, 4.69) is 6.92 Å². The molecule has 2 unspecified atom stereocenters. The Bertz CT molecular complexity index is 371. The van der Waals surface area contributed by atoms with Crippen LogP contribution in [0.2, 0.25) is 0 Å². The number of benzene rings is 1. The van der Waals surface area contributed by atoms with E-state index in [1.54, 1.807) is 12.1 Å². The second-order valence-corrected chi connectivity index (χ2v) is 4.00. The first-order valence-electron chi connectivity index (χ1n) is 4.68. The van der Waals surface area contributed by atoms with Gasteiger partial charge in [-0.1, -0.05) is 19.1 Å². The van der Waals surface area contributed by atoms with Gasteiger partial charge >= 0.3 is 0 Å². The number of hydrogen-bond donors (Lipinski definition) is 2. The number of nitrogens with two attached hydrogens (primary N) is 1. The second kappa shape index (κ2) is 2.80. The molecule has 0 heterocycles. The van der Waals surface area contributed by atoms with Gasteiger partial charge < -0.3 is 5.73 Å². The van der Waals surface area contributed by atoms with Crippen molar-refractivity contribution in [2.45, 2.75) is 18.8 Å². The van der Waals surface area contributed by atoms with Crippen LogP contribution >= 0.6 is 0 Å². The fourth-order valence-corrected chi connectivity index (χ4v) is 2.10. The first-order chi connectivity index (χ1) is 6.57. The van der Waals surface area contributed by atoms with Crippen molar-refractivity contribution in [3.63, 3.8) is 0 Å². The van der Waals surface area contributed by atoms with E-state index in [0.29, 0.717) is 5.92 Å². The van der Waals surface area contributed by atoms with Gasteiger partial charge in [0, 0.05) is 0 Å². The van der Waals surface area contributed by atoms with Crippen molar-refractivity contribution in [1.82, 2.24) is 0 Å². The summed E-state index contributed by atoms with van der Waals surface area (Å²) in [7, 11) is 0. The Morgan fingerprint density at radius 1 is 1.50 bits per heavy atom. The summed E-state index contributed by atoms with van der Waals surface area (Å²) in [6.45, 7) is 2.06. The van der Waals surface area contributed by atoms with Gasteiger partial charge in [-0.2, -0.15) is 0 Å². The lowest BCUT2D eigenvalue weighted by atomic mass is 9.92. The van der Waals surface area contributed by atoms with Gasteiger partial charge in [-0.15, -0.1) is 0 Å². The Hall–Kier alpha value is -1.38. The van der Waals surface area contributed by atoms with Gasteiger partial charge in [0.1, 0.15) is 11.7 Å². The van der Waals surface area contributed by atoms with Crippen LogP contribution in [-0.4, -0.2) is 5.84 Å². The Balaban J connectivity index is 2.39. The molecule has 14 heavy (non-hydrogen) atoms. The Morgan fingerprint density at radius 3 is 2.36 bits per heavy atom. The molecule has 2 atom stereocenters. The number of halogens is 1. The zero-order valence-corrected chi connectivity index (χ0v) is 8.05. The van der Waals surface area contributed by atoms with Crippen molar-refractivity contribution in [3.8, 4) is 0 Å². The summed E-state index contributed by atoms with van der Waals surface area (Å²) in [5.41, 5.74) is 6.23. The summed E-state index contributed by atoms with van der Waals surface area (Å²) < 4.78 is 12.7. The van der Waals surface area contributed by atoms with Gasteiger partial charge in [0.05, 0.1) is 5.41 Å². The average molecular weight is 192 g/mol. The number of nitrogens with one attached hydrogen (secondary N) is 1. The van der Waals surface area contributed by atoms with Crippen LogP contribution in [0.3, 0.4) is 0 Å². The van der Waals surface area contributed by atoms with Crippen LogP contribution in [0, 0.1) is 17.1 Å². The van der Waals surface area contributed by atoms with E-state index >= 15 is 0 Å². The lowest BCUT2D eigenvalue weighted by molar-refractivity contribution is 0.626. The Labute approximate surface area is 82.4 Å². The van der Waals surface area contributed by atoms with Crippen molar-refractivity contribution in [1.29, 1.82) is 5.41 Å². The molecule has 0 spiro atoms. The lowest BCUT2D eigenvalue weighted by Gasteiger charge is -2.15. The van der Waals surface area contributed by atoms with Gasteiger partial charge in [-0.3, -0.25) is 5.41 Å². The molecule has 0 amide bonds. The summed E-state index contributed by atoms with van der Waals surface area (Å²) in [4.78, 5) is 0. The summed E-state index contributed by atoms with van der Waals surface area (Å²) in [6, 6.07) is 6.29. The molecule has 1 saturated carbocycles. The SMILES string of the molecule is CC1CC1(C(=N)N)c1ccc(F)cc1. The molecule has 0 aliphatic heterocycles. The number of amidine groups is 1. The molecular formula is C11H13FN2. The third-order valence-corrected chi connectivity index (χ3v) is 3.15. The molecule has 1 fully saturated rings. The highest BCUT2D eigenvalue weighted by Crippen LogP contribution is 2.53. The molecule has 0 saturated heterocycles. The topological polar surface area (TPSA) is 49.9 Å². The number of hydrogen-bond acceptors (Lipinski definition) is 1. The standard InChI is InChI=1S/C11H13FN2/c1-7-6-11(7,10(13)14)8-2-4-9(12)5-3-8/h2-5,7H,6H2,1H3,(H3,13,14). The van der Waals surface area contributed by atoms with Gasteiger partial charge in [0.15, 0.2) is 0 Å². The van der Waals surface area contributed by atoms with E-state index < -0.39 is 0 Å². The highest BCUT2D eigenvalue weighted by Gasteiger charge is 2.55. The molecule has 1 aromatic rings. The fourth-order valence-electron chi connectivity index (χ4n) is 2.10.